The maximum absolute atomic E-state index is 5.56. The molecule has 106 valence electrons. The molecule has 2 aliphatic heterocycles. The summed E-state index contributed by atoms with van der Waals surface area (Å²) in [5.41, 5.74) is 1.25. The normalized spacial score (nSPS) is 27.9. The zero-order valence-electron chi connectivity index (χ0n) is 12.1. The van der Waals surface area contributed by atoms with Crippen molar-refractivity contribution in [1.82, 2.24) is 9.78 Å². The molecule has 1 fully saturated rings. The minimum Gasteiger partial charge on any atom is -0.381 e. The highest BCUT2D eigenvalue weighted by molar-refractivity contribution is 5.40. The van der Waals surface area contributed by atoms with E-state index in [2.05, 4.69) is 29.9 Å². The maximum Gasteiger partial charge on any atom is 0.124 e. The Bertz CT molecular complexity index is 423. The molecular weight excluding hydrogens is 238 g/mol. The molecule has 19 heavy (non-hydrogen) atoms. The lowest BCUT2D eigenvalue weighted by Crippen LogP contribution is -2.29. The summed E-state index contributed by atoms with van der Waals surface area (Å²) < 4.78 is 7.80. The van der Waals surface area contributed by atoms with Crippen LogP contribution in [0.15, 0.2) is 6.07 Å². The average Bonchev–Trinajstić information content (AvgIpc) is 3.07. The molecule has 0 amide bonds. The molecule has 2 aliphatic rings. The van der Waals surface area contributed by atoms with E-state index in [1.54, 1.807) is 0 Å². The highest BCUT2D eigenvalue weighted by Gasteiger charge is 2.31. The lowest BCUT2D eigenvalue weighted by Gasteiger charge is -2.29. The Morgan fingerprint density at radius 1 is 1.53 bits per heavy atom. The standard InChI is InChI=1S/C15H25N3O/c1-3-4-11(2)13-9-15-16-7-5-14(18(15)17-13)12-6-8-19-10-12/h9,11-12,14,16H,3-8,10H2,1-2H3. The zero-order valence-corrected chi connectivity index (χ0v) is 12.1. The highest BCUT2D eigenvalue weighted by Crippen LogP contribution is 2.35. The Morgan fingerprint density at radius 3 is 3.16 bits per heavy atom. The van der Waals surface area contributed by atoms with Crippen LogP contribution in [0.4, 0.5) is 5.82 Å². The van der Waals surface area contributed by atoms with E-state index in [1.165, 1.54) is 37.2 Å². The fourth-order valence-electron chi connectivity index (χ4n) is 3.38. The van der Waals surface area contributed by atoms with Gasteiger partial charge in [0.1, 0.15) is 5.82 Å². The van der Waals surface area contributed by atoms with Crippen molar-refractivity contribution in [2.75, 3.05) is 25.1 Å². The van der Waals surface area contributed by atoms with Crippen LogP contribution in [0.5, 0.6) is 0 Å². The molecule has 4 heteroatoms. The fourth-order valence-corrected chi connectivity index (χ4v) is 3.38. The molecule has 0 aromatic carbocycles. The van der Waals surface area contributed by atoms with Crippen molar-refractivity contribution in [2.24, 2.45) is 5.92 Å². The van der Waals surface area contributed by atoms with Gasteiger partial charge >= 0.3 is 0 Å². The van der Waals surface area contributed by atoms with Crippen molar-refractivity contribution in [1.29, 1.82) is 0 Å². The number of hydrogen-bond donors (Lipinski definition) is 1. The van der Waals surface area contributed by atoms with Crippen LogP contribution in [0.25, 0.3) is 0 Å². The van der Waals surface area contributed by atoms with Crippen molar-refractivity contribution < 1.29 is 4.74 Å². The van der Waals surface area contributed by atoms with E-state index in [-0.39, 0.29) is 0 Å². The second kappa shape index (κ2) is 5.53. The summed E-state index contributed by atoms with van der Waals surface area (Å²) in [5, 5.41) is 8.39. The number of aromatic nitrogens is 2. The molecule has 0 aliphatic carbocycles. The van der Waals surface area contributed by atoms with Gasteiger partial charge in [0.15, 0.2) is 0 Å². The minimum atomic E-state index is 0.529. The van der Waals surface area contributed by atoms with Gasteiger partial charge in [0, 0.05) is 31.1 Å². The van der Waals surface area contributed by atoms with Crippen LogP contribution in [0.3, 0.4) is 0 Å². The number of nitrogens with one attached hydrogen (secondary N) is 1. The number of nitrogens with zero attached hydrogens (tertiary/aromatic N) is 2. The summed E-state index contributed by atoms with van der Waals surface area (Å²) in [6.07, 6.45) is 4.79. The molecule has 0 saturated carbocycles. The summed E-state index contributed by atoms with van der Waals surface area (Å²) in [6, 6.07) is 2.78. The van der Waals surface area contributed by atoms with Gasteiger partial charge in [0.2, 0.25) is 0 Å². The lowest BCUT2D eigenvalue weighted by atomic mass is 9.95. The number of fused-ring (bicyclic) bond motifs is 1. The van der Waals surface area contributed by atoms with Gasteiger partial charge in [-0.3, -0.25) is 0 Å². The molecule has 0 spiro atoms. The Kier molecular flexibility index (Phi) is 3.78. The van der Waals surface area contributed by atoms with Crippen molar-refractivity contribution in [2.45, 2.75) is 51.5 Å². The van der Waals surface area contributed by atoms with E-state index in [9.17, 15) is 0 Å². The van der Waals surface area contributed by atoms with Crippen LogP contribution in [0, 0.1) is 5.92 Å². The topological polar surface area (TPSA) is 39.1 Å². The second-order valence-corrected chi connectivity index (χ2v) is 6.00. The quantitative estimate of drug-likeness (QED) is 0.907. The summed E-state index contributed by atoms with van der Waals surface area (Å²) >= 11 is 0. The number of hydrogen-bond acceptors (Lipinski definition) is 3. The molecule has 1 saturated heterocycles. The smallest absolute Gasteiger partial charge is 0.124 e. The lowest BCUT2D eigenvalue weighted by molar-refractivity contribution is 0.167. The molecular formula is C15H25N3O. The first-order valence-electron chi connectivity index (χ1n) is 7.70. The first-order chi connectivity index (χ1) is 9.29. The van der Waals surface area contributed by atoms with Crippen LogP contribution in [-0.4, -0.2) is 29.5 Å². The summed E-state index contributed by atoms with van der Waals surface area (Å²) in [6.45, 7) is 7.41. The Morgan fingerprint density at radius 2 is 2.42 bits per heavy atom. The van der Waals surface area contributed by atoms with E-state index >= 15 is 0 Å². The molecule has 3 unspecified atom stereocenters. The molecule has 3 heterocycles. The second-order valence-electron chi connectivity index (χ2n) is 6.00. The van der Waals surface area contributed by atoms with Crippen LogP contribution in [-0.2, 0) is 4.74 Å². The van der Waals surface area contributed by atoms with Gasteiger partial charge < -0.3 is 10.1 Å². The molecule has 4 nitrogen and oxygen atoms in total. The average molecular weight is 263 g/mol. The Balaban J connectivity index is 1.82. The molecule has 3 rings (SSSR count). The van der Waals surface area contributed by atoms with Crippen LogP contribution in [0.2, 0.25) is 0 Å². The van der Waals surface area contributed by atoms with Crippen LogP contribution in [0.1, 0.15) is 57.2 Å². The highest BCUT2D eigenvalue weighted by atomic mass is 16.5. The summed E-state index contributed by atoms with van der Waals surface area (Å²) in [5.74, 6) is 2.42. The fraction of sp³-hybridized carbons (Fsp3) is 0.800. The van der Waals surface area contributed by atoms with Gasteiger partial charge in [-0.1, -0.05) is 20.3 Å². The summed E-state index contributed by atoms with van der Waals surface area (Å²) in [7, 11) is 0. The monoisotopic (exact) mass is 263 g/mol. The van der Waals surface area contributed by atoms with Gasteiger partial charge in [-0.2, -0.15) is 5.10 Å². The molecule has 0 radical (unpaired) electrons. The molecule has 1 N–H and O–H groups in total. The van der Waals surface area contributed by atoms with E-state index in [0.717, 1.165) is 19.8 Å². The zero-order chi connectivity index (χ0) is 13.2. The number of anilines is 1. The number of rotatable bonds is 4. The largest absolute Gasteiger partial charge is 0.381 e. The summed E-state index contributed by atoms with van der Waals surface area (Å²) in [4.78, 5) is 0. The van der Waals surface area contributed by atoms with Gasteiger partial charge in [0.05, 0.1) is 18.3 Å². The van der Waals surface area contributed by atoms with E-state index < -0.39 is 0 Å². The van der Waals surface area contributed by atoms with E-state index in [0.29, 0.717) is 17.9 Å². The third kappa shape index (κ3) is 2.50. The molecule has 0 bridgehead atoms. The number of ether oxygens (including phenoxy) is 1. The van der Waals surface area contributed by atoms with Crippen LogP contribution < -0.4 is 5.32 Å². The third-order valence-electron chi connectivity index (χ3n) is 4.55. The first kappa shape index (κ1) is 13.0. The van der Waals surface area contributed by atoms with Crippen molar-refractivity contribution in [3.63, 3.8) is 0 Å². The first-order valence-corrected chi connectivity index (χ1v) is 7.70. The van der Waals surface area contributed by atoms with Gasteiger partial charge in [-0.25, -0.2) is 4.68 Å². The van der Waals surface area contributed by atoms with E-state index in [4.69, 9.17) is 9.84 Å². The SMILES string of the molecule is CCCC(C)c1cc2n(n1)C(C1CCOC1)CCN2. The molecule has 3 atom stereocenters. The Hall–Kier alpha value is -1.03. The Labute approximate surface area is 115 Å². The van der Waals surface area contributed by atoms with Crippen molar-refractivity contribution >= 4 is 5.82 Å². The maximum atomic E-state index is 5.56. The predicted molar refractivity (Wildman–Crippen MR) is 76.6 cm³/mol. The third-order valence-corrected chi connectivity index (χ3v) is 4.55. The molecule has 1 aromatic rings. The van der Waals surface area contributed by atoms with E-state index in [1.807, 2.05) is 0 Å². The predicted octanol–water partition coefficient (Wildman–Crippen LogP) is 3.18. The van der Waals surface area contributed by atoms with Crippen LogP contribution >= 0.6 is 0 Å². The van der Waals surface area contributed by atoms with Gasteiger partial charge in [0.25, 0.3) is 0 Å². The van der Waals surface area contributed by atoms with Crippen molar-refractivity contribution in [3.05, 3.63) is 11.8 Å². The molecule has 1 aromatic heterocycles. The van der Waals surface area contributed by atoms with Gasteiger partial charge in [-0.05, 0) is 19.3 Å². The van der Waals surface area contributed by atoms with Crippen molar-refractivity contribution in [3.8, 4) is 0 Å². The van der Waals surface area contributed by atoms with Gasteiger partial charge in [-0.15, -0.1) is 0 Å². The minimum absolute atomic E-state index is 0.529.